The molecule has 1 N–H and O–H groups in total. The predicted octanol–water partition coefficient (Wildman–Crippen LogP) is 3.82. The normalized spacial score (nSPS) is 10.3. The minimum absolute atomic E-state index is 0.329. The first-order valence-electron chi connectivity index (χ1n) is 5.72. The molecule has 0 saturated carbocycles. The van der Waals surface area contributed by atoms with Crippen LogP contribution < -0.4 is 0 Å². The van der Waals surface area contributed by atoms with Crippen LogP contribution >= 0.6 is 11.6 Å². The fourth-order valence-electron chi connectivity index (χ4n) is 1.90. The minimum atomic E-state index is -0.908. The van der Waals surface area contributed by atoms with Gasteiger partial charge in [-0.15, -0.1) is 0 Å². The molecular formula is C15H13ClO2. The van der Waals surface area contributed by atoms with E-state index < -0.39 is 5.97 Å². The van der Waals surface area contributed by atoms with Crippen LogP contribution in [-0.2, 0) is 12.8 Å². The van der Waals surface area contributed by atoms with E-state index in [9.17, 15) is 4.79 Å². The zero-order valence-electron chi connectivity index (χ0n) is 9.77. The van der Waals surface area contributed by atoms with E-state index >= 15 is 0 Å². The highest BCUT2D eigenvalue weighted by atomic mass is 35.5. The van der Waals surface area contributed by atoms with Gasteiger partial charge in [0.05, 0.1) is 5.56 Å². The van der Waals surface area contributed by atoms with Crippen LogP contribution in [0.15, 0.2) is 48.5 Å². The number of hydrogen-bond donors (Lipinski definition) is 1. The number of halogens is 1. The monoisotopic (exact) mass is 260 g/mol. The van der Waals surface area contributed by atoms with Gasteiger partial charge in [0, 0.05) is 5.02 Å². The molecule has 0 aliphatic heterocycles. The van der Waals surface area contributed by atoms with Crippen molar-refractivity contribution in [2.45, 2.75) is 12.8 Å². The van der Waals surface area contributed by atoms with Crippen LogP contribution in [0.25, 0.3) is 0 Å². The lowest BCUT2D eigenvalue weighted by molar-refractivity contribution is 0.0695. The molecule has 0 bridgehead atoms. The zero-order valence-corrected chi connectivity index (χ0v) is 10.5. The molecule has 0 unspecified atom stereocenters. The molecule has 0 fully saturated rings. The average Bonchev–Trinajstić information content (AvgIpc) is 2.37. The number of carbonyl (C=O) groups is 1. The van der Waals surface area contributed by atoms with E-state index in [1.165, 1.54) is 5.56 Å². The van der Waals surface area contributed by atoms with E-state index in [2.05, 4.69) is 0 Å². The largest absolute Gasteiger partial charge is 0.478 e. The molecular weight excluding hydrogens is 248 g/mol. The Balaban J connectivity index is 2.18. The molecule has 2 rings (SSSR count). The lowest BCUT2D eigenvalue weighted by Gasteiger charge is -2.07. The first-order valence-corrected chi connectivity index (χ1v) is 6.10. The van der Waals surface area contributed by atoms with Gasteiger partial charge in [0.25, 0.3) is 0 Å². The molecule has 0 aliphatic carbocycles. The van der Waals surface area contributed by atoms with Crippen LogP contribution in [0.4, 0.5) is 0 Å². The summed E-state index contributed by atoms with van der Waals surface area (Å²) in [4.78, 5) is 11.1. The highest BCUT2D eigenvalue weighted by Crippen LogP contribution is 2.18. The SMILES string of the molecule is O=C(O)c1ccc(Cl)cc1CCc1ccccc1. The summed E-state index contributed by atoms with van der Waals surface area (Å²) in [7, 11) is 0. The van der Waals surface area contributed by atoms with Crippen LogP contribution in [-0.4, -0.2) is 11.1 Å². The van der Waals surface area contributed by atoms with Gasteiger partial charge in [-0.25, -0.2) is 4.79 Å². The van der Waals surface area contributed by atoms with Gasteiger partial charge in [-0.3, -0.25) is 0 Å². The van der Waals surface area contributed by atoms with Crippen LogP contribution in [0.2, 0.25) is 5.02 Å². The summed E-state index contributed by atoms with van der Waals surface area (Å²) in [6, 6.07) is 14.9. The Kier molecular flexibility index (Phi) is 4.00. The number of hydrogen-bond acceptors (Lipinski definition) is 1. The molecule has 0 aliphatic rings. The van der Waals surface area contributed by atoms with Crippen molar-refractivity contribution < 1.29 is 9.90 Å². The van der Waals surface area contributed by atoms with E-state index in [1.54, 1.807) is 18.2 Å². The van der Waals surface area contributed by atoms with Crippen molar-refractivity contribution >= 4 is 17.6 Å². The number of rotatable bonds is 4. The second-order valence-corrected chi connectivity index (χ2v) is 4.53. The van der Waals surface area contributed by atoms with E-state index in [1.807, 2.05) is 30.3 Å². The summed E-state index contributed by atoms with van der Waals surface area (Å²) >= 11 is 5.91. The van der Waals surface area contributed by atoms with Gasteiger partial charge < -0.3 is 5.11 Å². The first-order chi connectivity index (χ1) is 8.66. The number of benzene rings is 2. The highest BCUT2D eigenvalue weighted by Gasteiger charge is 2.10. The third-order valence-electron chi connectivity index (χ3n) is 2.82. The Hall–Kier alpha value is -1.80. The van der Waals surface area contributed by atoms with E-state index in [4.69, 9.17) is 16.7 Å². The predicted molar refractivity (Wildman–Crippen MR) is 72.3 cm³/mol. The van der Waals surface area contributed by atoms with E-state index in [0.29, 0.717) is 17.0 Å². The fourth-order valence-corrected chi connectivity index (χ4v) is 2.10. The maximum Gasteiger partial charge on any atom is 0.335 e. The molecule has 0 heterocycles. The highest BCUT2D eigenvalue weighted by molar-refractivity contribution is 6.30. The molecule has 2 nitrogen and oxygen atoms in total. The van der Waals surface area contributed by atoms with Crippen molar-refractivity contribution in [1.29, 1.82) is 0 Å². The Labute approximate surface area is 111 Å². The molecule has 2 aromatic rings. The zero-order chi connectivity index (χ0) is 13.0. The summed E-state index contributed by atoms with van der Waals surface area (Å²) < 4.78 is 0. The van der Waals surface area contributed by atoms with Crippen LogP contribution in [0.5, 0.6) is 0 Å². The van der Waals surface area contributed by atoms with Gasteiger partial charge in [0.15, 0.2) is 0 Å². The molecule has 0 spiro atoms. The van der Waals surface area contributed by atoms with Crippen molar-refractivity contribution in [3.8, 4) is 0 Å². The van der Waals surface area contributed by atoms with Crippen LogP contribution in [0.3, 0.4) is 0 Å². The number of aryl methyl sites for hydroxylation is 2. The molecule has 0 radical (unpaired) electrons. The van der Waals surface area contributed by atoms with Gasteiger partial charge in [0.1, 0.15) is 0 Å². The van der Waals surface area contributed by atoms with Gasteiger partial charge in [0.2, 0.25) is 0 Å². The van der Waals surface area contributed by atoms with Gasteiger partial charge in [-0.1, -0.05) is 41.9 Å². The summed E-state index contributed by atoms with van der Waals surface area (Å²) in [6.45, 7) is 0. The summed E-state index contributed by atoms with van der Waals surface area (Å²) in [6.07, 6.45) is 1.48. The first kappa shape index (κ1) is 12.7. The van der Waals surface area contributed by atoms with Crippen LogP contribution in [0, 0.1) is 0 Å². The lowest BCUT2D eigenvalue weighted by atomic mass is 10.00. The molecule has 0 atom stereocenters. The average molecular weight is 261 g/mol. The van der Waals surface area contributed by atoms with Crippen LogP contribution in [0.1, 0.15) is 21.5 Å². The van der Waals surface area contributed by atoms with E-state index in [0.717, 1.165) is 12.0 Å². The second kappa shape index (κ2) is 5.69. The molecule has 2 aromatic carbocycles. The summed E-state index contributed by atoms with van der Waals surface area (Å²) in [5, 5.41) is 9.68. The molecule has 0 saturated heterocycles. The maximum atomic E-state index is 11.1. The third-order valence-corrected chi connectivity index (χ3v) is 3.06. The molecule has 92 valence electrons. The summed E-state index contributed by atoms with van der Waals surface area (Å²) in [5.74, 6) is -0.908. The Morgan fingerprint density at radius 1 is 1.06 bits per heavy atom. The molecule has 0 amide bonds. The Morgan fingerprint density at radius 3 is 2.44 bits per heavy atom. The van der Waals surface area contributed by atoms with Gasteiger partial charge >= 0.3 is 5.97 Å². The minimum Gasteiger partial charge on any atom is -0.478 e. The lowest BCUT2D eigenvalue weighted by Crippen LogP contribution is -2.03. The topological polar surface area (TPSA) is 37.3 Å². The van der Waals surface area contributed by atoms with Crippen molar-refractivity contribution in [1.82, 2.24) is 0 Å². The van der Waals surface area contributed by atoms with Gasteiger partial charge in [-0.2, -0.15) is 0 Å². The molecule has 3 heteroatoms. The number of carboxylic acid groups (broad SMARTS) is 1. The third kappa shape index (κ3) is 3.11. The smallest absolute Gasteiger partial charge is 0.335 e. The van der Waals surface area contributed by atoms with Crippen molar-refractivity contribution in [3.05, 3.63) is 70.2 Å². The van der Waals surface area contributed by atoms with E-state index in [-0.39, 0.29) is 0 Å². The standard InChI is InChI=1S/C15H13ClO2/c16-13-8-9-14(15(17)18)12(10-13)7-6-11-4-2-1-3-5-11/h1-5,8-10H,6-7H2,(H,17,18). The van der Waals surface area contributed by atoms with Crippen molar-refractivity contribution in [3.63, 3.8) is 0 Å². The molecule has 18 heavy (non-hydrogen) atoms. The fraction of sp³-hybridized carbons (Fsp3) is 0.133. The number of carboxylic acids is 1. The second-order valence-electron chi connectivity index (χ2n) is 4.09. The van der Waals surface area contributed by atoms with Crippen molar-refractivity contribution in [2.75, 3.05) is 0 Å². The summed E-state index contributed by atoms with van der Waals surface area (Å²) in [5.41, 5.74) is 2.29. The quantitative estimate of drug-likeness (QED) is 0.907. The Morgan fingerprint density at radius 2 is 1.78 bits per heavy atom. The Bertz CT molecular complexity index is 550. The molecule has 0 aromatic heterocycles. The van der Waals surface area contributed by atoms with Crippen molar-refractivity contribution in [2.24, 2.45) is 0 Å². The number of aromatic carboxylic acids is 1. The van der Waals surface area contributed by atoms with Gasteiger partial charge in [-0.05, 0) is 42.2 Å². The maximum absolute atomic E-state index is 11.1.